The monoisotopic (exact) mass is 386 g/mol. The molecule has 142 valence electrons. The zero-order valence-electron chi connectivity index (χ0n) is 16.7. The van der Waals surface area contributed by atoms with Gasteiger partial charge in [0.15, 0.2) is 25.9 Å². The van der Waals surface area contributed by atoms with Gasteiger partial charge in [-0.25, -0.2) is 0 Å². The van der Waals surface area contributed by atoms with Crippen LogP contribution in [0.1, 0.15) is 11.7 Å². The molecule has 0 bridgehead atoms. The molecule has 1 aromatic carbocycles. The smallest absolute Gasteiger partial charge is 0.325 e. The highest BCUT2D eigenvalue weighted by Gasteiger charge is 2.34. The van der Waals surface area contributed by atoms with Crippen molar-refractivity contribution < 1.29 is 27.9 Å². The molecule has 0 spiro atoms. The van der Waals surface area contributed by atoms with E-state index in [4.69, 9.17) is 23.1 Å². The fourth-order valence-corrected chi connectivity index (χ4v) is 3.86. The molecule has 0 saturated heterocycles. The van der Waals surface area contributed by atoms with E-state index in [0.717, 1.165) is 0 Å². The Bertz CT molecular complexity index is 579. The van der Waals surface area contributed by atoms with Crippen LogP contribution in [-0.2, 0) is 13.6 Å². The lowest BCUT2D eigenvalue weighted by Crippen LogP contribution is -2.37. The van der Waals surface area contributed by atoms with E-state index in [9.17, 15) is 4.79 Å². The Morgan fingerprint density at radius 1 is 0.840 bits per heavy atom. The highest BCUT2D eigenvalue weighted by molar-refractivity contribution is 6.71. The Labute approximate surface area is 152 Å². The first-order chi connectivity index (χ1) is 11.4. The van der Waals surface area contributed by atoms with Crippen molar-refractivity contribution in [2.75, 3.05) is 21.3 Å². The third kappa shape index (κ3) is 6.37. The highest BCUT2D eigenvalue weighted by Crippen LogP contribution is 2.41. The zero-order chi connectivity index (χ0) is 19.4. The largest absolute Gasteiger partial charge is 0.518 e. The molecule has 1 atom stereocenters. The van der Waals surface area contributed by atoms with E-state index in [2.05, 4.69) is 0 Å². The molecule has 0 aliphatic rings. The zero-order valence-corrected chi connectivity index (χ0v) is 18.7. The number of carbonyl (C=O) groups is 1. The van der Waals surface area contributed by atoms with Crippen LogP contribution in [-0.4, -0.2) is 43.9 Å². The Hall–Kier alpha value is -1.52. The molecule has 1 rings (SSSR count). The van der Waals surface area contributed by atoms with Gasteiger partial charge in [0.1, 0.15) is 0 Å². The first-order valence-corrected chi connectivity index (χ1v) is 14.9. The van der Waals surface area contributed by atoms with Gasteiger partial charge < -0.3 is 23.1 Å². The minimum absolute atomic E-state index is 0.379. The molecule has 0 aliphatic carbocycles. The molecule has 25 heavy (non-hydrogen) atoms. The number of benzene rings is 1. The van der Waals surface area contributed by atoms with Crippen LogP contribution in [0.5, 0.6) is 17.2 Å². The molecule has 0 amide bonds. The van der Waals surface area contributed by atoms with Gasteiger partial charge in [0, 0.05) is 0 Å². The van der Waals surface area contributed by atoms with Gasteiger partial charge in [0.25, 0.3) is 0 Å². The van der Waals surface area contributed by atoms with Crippen LogP contribution in [0.4, 0.5) is 0 Å². The Balaban J connectivity index is 3.41. The van der Waals surface area contributed by atoms with Crippen LogP contribution in [0.15, 0.2) is 12.1 Å². The van der Waals surface area contributed by atoms with Crippen molar-refractivity contribution in [1.82, 2.24) is 0 Å². The first-order valence-electron chi connectivity index (χ1n) is 8.12. The van der Waals surface area contributed by atoms with Crippen LogP contribution in [0.3, 0.4) is 0 Å². The fraction of sp³-hybridized carbons (Fsp3) is 0.588. The van der Waals surface area contributed by atoms with Crippen LogP contribution >= 0.6 is 0 Å². The number of methoxy groups -OCH3 is 3. The minimum atomic E-state index is -2.05. The molecule has 0 saturated carbocycles. The van der Waals surface area contributed by atoms with Crippen molar-refractivity contribution in [1.29, 1.82) is 0 Å². The van der Waals surface area contributed by atoms with E-state index in [-0.39, 0.29) is 5.97 Å². The fourth-order valence-electron chi connectivity index (χ4n) is 2.21. The van der Waals surface area contributed by atoms with E-state index in [1.54, 1.807) is 12.1 Å². The van der Waals surface area contributed by atoms with E-state index < -0.39 is 22.7 Å². The van der Waals surface area contributed by atoms with Gasteiger partial charge in [0.05, 0.1) is 21.3 Å². The van der Waals surface area contributed by atoms with E-state index >= 15 is 0 Å². The van der Waals surface area contributed by atoms with E-state index in [0.29, 0.717) is 22.8 Å². The Kier molecular flexibility index (Phi) is 7.10. The lowest BCUT2D eigenvalue weighted by atomic mass is 10.1. The summed E-state index contributed by atoms with van der Waals surface area (Å²) < 4.78 is 27.9. The predicted octanol–water partition coefficient (Wildman–Crippen LogP) is 3.98. The molecule has 1 aromatic rings. The minimum Gasteiger partial charge on any atom is -0.518 e. The molecule has 6 nitrogen and oxygen atoms in total. The molecule has 0 N–H and O–H groups in total. The molecule has 1 unspecified atom stereocenters. The quantitative estimate of drug-likeness (QED) is 0.630. The van der Waals surface area contributed by atoms with Crippen molar-refractivity contribution in [3.63, 3.8) is 0 Å². The maximum Gasteiger partial charge on any atom is 0.325 e. The molecule has 0 radical (unpaired) electrons. The van der Waals surface area contributed by atoms with Crippen molar-refractivity contribution in [3.05, 3.63) is 17.7 Å². The molecule has 0 heterocycles. The topological polar surface area (TPSA) is 63.2 Å². The molecule has 8 heteroatoms. The van der Waals surface area contributed by atoms with Crippen LogP contribution in [0, 0.1) is 0 Å². The number of hydrogen-bond donors (Lipinski definition) is 0. The maximum atomic E-state index is 12.8. The second-order valence-electron chi connectivity index (χ2n) is 7.60. The Morgan fingerprint density at radius 2 is 1.32 bits per heavy atom. The summed E-state index contributed by atoms with van der Waals surface area (Å²) in [6.45, 7) is 12.0. The standard InChI is InChI=1S/C17H30O6Si2/c1-19-13-10-12(11-14(20-2)16(13)21-3)15(22-24(4,5)6)17(18)23-25(7,8)9/h10-11,15H,1-9H3. The van der Waals surface area contributed by atoms with Gasteiger partial charge in [-0.15, -0.1) is 0 Å². The third-order valence-electron chi connectivity index (χ3n) is 3.08. The SMILES string of the molecule is COc1cc(C(O[Si](C)(C)C)C(=O)O[Si](C)(C)C)cc(OC)c1OC. The summed E-state index contributed by atoms with van der Waals surface area (Å²) in [6, 6.07) is 3.47. The van der Waals surface area contributed by atoms with Gasteiger partial charge in [-0.05, 0) is 57.0 Å². The van der Waals surface area contributed by atoms with Gasteiger partial charge in [0.2, 0.25) is 14.1 Å². The second kappa shape index (κ2) is 8.24. The van der Waals surface area contributed by atoms with Gasteiger partial charge >= 0.3 is 5.97 Å². The second-order valence-corrected chi connectivity index (χ2v) is 16.5. The van der Waals surface area contributed by atoms with Crippen molar-refractivity contribution >= 4 is 22.6 Å². The third-order valence-corrected chi connectivity index (χ3v) is 4.84. The molecular weight excluding hydrogens is 356 g/mol. The normalized spacial score (nSPS) is 13.2. The molecule has 0 aliphatic heterocycles. The van der Waals surface area contributed by atoms with Crippen LogP contribution in [0.2, 0.25) is 39.3 Å². The predicted molar refractivity (Wildman–Crippen MR) is 103 cm³/mol. The molecule has 0 fully saturated rings. The number of hydrogen-bond acceptors (Lipinski definition) is 6. The summed E-state index contributed by atoms with van der Waals surface area (Å²) in [5.41, 5.74) is 0.625. The first kappa shape index (κ1) is 21.5. The summed E-state index contributed by atoms with van der Waals surface area (Å²) in [7, 11) is 0.542. The van der Waals surface area contributed by atoms with Gasteiger partial charge in [-0.2, -0.15) is 0 Å². The number of carbonyl (C=O) groups excluding carboxylic acids is 1. The van der Waals surface area contributed by atoms with Crippen LogP contribution < -0.4 is 14.2 Å². The Morgan fingerprint density at radius 3 is 1.64 bits per heavy atom. The summed E-state index contributed by atoms with van der Waals surface area (Å²) in [5, 5.41) is 0. The summed E-state index contributed by atoms with van der Waals surface area (Å²) in [5.74, 6) is 1.04. The molecular formula is C17H30O6Si2. The van der Waals surface area contributed by atoms with Gasteiger partial charge in [-0.1, -0.05) is 0 Å². The van der Waals surface area contributed by atoms with Gasteiger partial charge in [-0.3, -0.25) is 4.79 Å². The molecule has 0 aromatic heterocycles. The summed E-state index contributed by atoms with van der Waals surface area (Å²) >= 11 is 0. The maximum absolute atomic E-state index is 12.8. The lowest BCUT2D eigenvalue weighted by Gasteiger charge is -2.29. The average Bonchev–Trinajstić information content (AvgIpc) is 2.48. The van der Waals surface area contributed by atoms with E-state index in [1.807, 2.05) is 39.3 Å². The summed E-state index contributed by atoms with van der Waals surface area (Å²) in [6.07, 6.45) is -0.827. The highest BCUT2D eigenvalue weighted by atomic mass is 28.4. The average molecular weight is 387 g/mol. The van der Waals surface area contributed by atoms with Crippen molar-refractivity contribution in [2.24, 2.45) is 0 Å². The van der Waals surface area contributed by atoms with Crippen molar-refractivity contribution in [2.45, 2.75) is 45.4 Å². The number of ether oxygens (including phenoxy) is 3. The van der Waals surface area contributed by atoms with Crippen molar-refractivity contribution in [3.8, 4) is 17.2 Å². The summed E-state index contributed by atoms with van der Waals surface area (Å²) in [4.78, 5) is 12.8. The lowest BCUT2D eigenvalue weighted by molar-refractivity contribution is -0.143. The van der Waals surface area contributed by atoms with Crippen LogP contribution in [0.25, 0.3) is 0 Å². The number of rotatable bonds is 8. The van der Waals surface area contributed by atoms with E-state index in [1.165, 1.54) is 21.3 Å².